The van der Waals surface area contributed by atoms with Gasteiger partial charge in [-0.05, 0) is 38.3 Å². The molecule has 1 unspecified atom stereocenters. The quantitative estimate of drug-likeness (QED) is 0.869. The fourth-order valence-electron chi connectivity index (χ4n) is 3.24. The first-order valence-corrected chi connectivity index (χ1v) is 7.99. The highest BCUT2D eigenvalue weighted by Crippen LogP contribution is 2.31. The summed E-state index contributed by atoms with van der Waals surface area (Å²) in [7, 11) is 0. The Balaban J connectivity index is 0.00000176. The van der Waals surface area contributed by atoms with E-state index in [4.69, 9.17) is 0 Å². The zero-order valence-electron chi connectivity index (χ0n) is 13.3. The number of hydrogen-bond donors (Lipinski definition) is 1. The first kappa shape index (κ1) is 16.9. The van der Waals surface area contributed by atoms with Gasteiger partial charge in [0.05, 0.1) is 0 Å². The molecule has 0 saturated carbocycles. The molecule has 0 bridgehead atoms. The highest BCUT2D eigenvalue weighted by molar-refractivity contribution is 5.57. The standard InChI is InChI=1S/C19H24N2.ClH/c1-15-10-11-18(21-12-6-3-7-13-21)17(14-15)19(20)16-8-4-2-5-9-16;/h2,4-5,8-11,14,19H,3,6-7,12-13,20H2,1H3;1H. The lowest BCUT2D eigenvalue weighted by molar-refractivity contribution is -0.411. The number of anilines is 1. The van der Waals surface area contributed by atoms with Crippen LogP contribution in [-0.4, -0.2) is 13.1 Å². The molecule has 0 spiro atoms. The third-order valence-electron chi connectivity index (χ3n) is 4.46. The summed E-state index contributed by atoms with van der Waals surface area (Å²) in [6.45, 7) is 4.52. The van der Waals surface area contributed by atoms with Crippen LogP contribution in [-0.2, 0) is 0 Å². The van der Waals surface area contributed by atoms with Gasteiger partial charge in [-0.1, -0.05) is 42.0 Å². The second-order valence-corrected chi connectivity index (χ2v) is 6.07. The fraction of sp³-hybridized carbons (Fsp3) is 0.368. The summed E-state index contributed by atoms with van der Waals surface area (Å²) in [6.07, 6.45) is 3.98. The Hall–Kier alpha value is -1.51. The van der Waals surface area contributed by atoms with Crippen LogP contribution in [0.4, 0.5) is 5.69 Å². The van der Waals surface area contributed by atoms with Crippen molar-refractivity contribution >= 4 is 5.69 Å². The molecule has 1 heterocycles. The zero-order valence-corrected chi connectivity index (χ0v) is 14.0. The van der Waals surface area contributed by atoms with Gasteiger partial charge in [0.15, 0.2) is 0 Å². The molecule has 0 aromatic heterocycles. The summed E-state index contributed by atoms with van der Waals surface area (Å²) in [5.74, 6) is 0. The maximum absolute atomic E-state index is 4.45. The monoisotopic (exact) mass is 316 g/mol. The number of aryl methyl sites for hydroxylation is 1. The average Bonchev–Trinajstić information content (AvgIpc) is 2.56. The van der Waals surface area contributed by atoms with Crippen LogP contribution in [0.15, 0.2) is 48.5 Å². The smallest absolute Gasteiger partial charge is 0.138 e. The molecular weight excluding hydrogens is 292 g/mol. The molecule has 1 aliphatic heterocycles. The molecule has 0 amide bonds. The molecule has 1 atom stereocenters. The van der Waals surface area contributed by atoms with Crippen molar-refractivity contribution in [3.05, 3.63) is 65.2 Å². The summed E-state index contributed by atoms with van der Waals surface area (Å²) < 4.78 is 0. The van der Waals surface area contributed by atoms with E-state index in [1.165, 1.54) is 54.7 Å². The Morgan fingerprint density at radius 1 is 0.955 bits per heavy atom. The number of piperidine rings is 1. The van der Waals surface area contributed by atoms with E-state index in [0.29, 0.717) is 0 Å². The molecule has 3 N–H and O–H groups in total. The number of benzene rings is 2. The number of rotatable bonds is 3. The van der Waals surface area contributed by atoms with Crippen molar-refractivity contribution in [2.45, 2.75) is 32.2 Å². The van der Waals surface area contributed by atoms with Gasteiger partial charge in [0.25, 0.3) is 0 Å². The lowest BCUT2D eigenvalue weighted by Gasteiger charge is -2.31. The van der Waals surface area contributed by atoms with Crippen LogP contribution in [0, 0.1) is 6.92 Å². The third-order valence-corrected chi connectivity index (χ3v) is 4.46. The van der Waals surface area contributed by atoms with Crippen LogP contribution in [0.1, 0.15) is 42.0 Å². The molecule has 2 nitrogen and oxygen atoms in total. The third kappa shape index (κ3) is 3.63. The van der Waals surface area contributed by atoms with E-state index in [2.05, 4.69) is 66.1 Å². The second-order valence-electron chi connectivity index (χ2n) is 6.07. The van der Waals surface area contributed by atoms with E-state index < -0.39 is 0 Å². The van der Waals surface area contributed by atoms with E-state index in [-0.39, 0.29) is 18.4 Å². The van der Waals surface area contributed by atoms with Gasteiger partial charge >= 0.3 is 0 Å². The van der Waals surface area contributed by atoms with Gasteiger partial charge < -0.3 is 23.0 Å². The highest BCUT2D eigenvalue weighted by Gasteiger charge is 2.21. The normalized spacial score (nSPS) is 16.0. The predicted molar refractivity (Wildman–Crippen MR) is 88.4 cm³/mol. The van der Waals surface area contributed by atoms with Crippen molar-refractivity contribution in [2.24, 2.45) is 0 Å². The van der Waals surface area contributed by atoms with E-state index in [1.807, 2.05) is 0 Å². The van der Waals surface area contributed by atoms with Crippen molar-refractivity contribution in [3.8, 4) is 0 Å². The van der Waals surface area contributed by atoms with Crippen LogP contribution in [0.2, 0.25) is 0 Å². The maximum atomic E-state index is 4.45. The van der Waals surface area contributed by atoms with E-state index >= 15 is 0 Å². The van der Waals surface area contributed by atoms with Crippen LogP contribution in [0.3, 0.4) is 0 Å². The zero-order chi connectivity index (χ0) is 14.7. The minimum Gasteiger partial charge on any atom is -1.00 e. The van der Waals surface area contributed by atoms with Gasteiger partial charge in [-0.15, -0.1) is 0 Å². The predicted octanol–water partition coefficient (Wildman–Crippen LogP) is 0.321. The molecule has 1 saturated heterocycles. The molecule has 1 fully saturated rings. The van der Waals surface area contributed by atoms with Crippen molar-refractivity contribution in [3.63, 3.8) is 0 Å². The summed E-state index contributed by atoms with van der Waals surface area (Å²) in [4.78, 5) is 2.54. The highest BCUT2D eigenvalue weighted by atomic mass is 35.5. The molecular formula is C19H25ClN2. The van der Waals surface area contributed by atoms with Gasteiger partial charge in [-0.25, -0.2) is 0 Å². The molecule has 3 rings (SSSR count). The maximum Gasteiger partial charge on any atom is 0.138 e. The van der Waals surface area contributed by atoms with Crippen LogP contribution in [0.5, 0.6) is 0 Å². The topological polar surface area (TPSA) is 30.9 Å². The average molecular weight is 317 g/mol. The molecule has 2 aromatic carbocycles. The van der Waals surface area contributed by atoms with Crippen molar-refractivity contribution in [1.82, 2.24) is 0 Å². The van der Waals surface area contributed by atoms with Gasteiger partial charge in [-0.2, -0.15) is 0 Å². The number of quaternary nitrogens is 1. The summed E-state index contributed by atoms with van der Waals surface area (Å²) in [5.41, 5.74) is 9.80. The van der Waals surface area contributed by atoms with Gasteiger partial charge in [-0.3, -0.25) is 0 Å². The Morgan fingerprint density at radius 2 is 1.64 bits per heavy atom. The van der Waals surface area contributed by atoms with Gasteiger partial charge in [0.2, 0.25) is 0 Å². The fourth-order valence-corrected chi connectivity index (χ4v) is 3.24. The minimum absolute atomic E-state index is 0. The van der Waals surface area contributed by atoms with E-state index in [9.17, 15) is 0 Å². The van der Waals surface area contributed by atoms with Crippen LogP contribution in [0.25, 0.3) is 0 Å². The van der Waals surface area contributed by atoms with E-state index in [1.54, 1.807) is 0 Å². The molecule has 0 radical (unpaired) electrons. The Kier molecular flexibility index (Phi) is 5.87. The van der Waals surface area contributed by atoms with Crippen LogP contribution < -0.4 is 23.0 Å². The number of hydrogen-bond acceptors (Lipinski definition) is 1. The molecule has 2 aromatic rings. The molecule has 3 heteroatoms. The Labute approximate surface area is 139 Å². The SMILES string of the molecule is Cc1ccc(N2CCCCC2)c(C([NH3+])c2ccccc2)c1.[Cl-]. The van der Waals surface area contributed by atoms with E-state index in [0.717, 1.165) is 0 Å². The van der Waals surface area contributed by atoms with Crippen molar-refractivity contribution < 1.29 is 18.1 Å². The first-order valence-electron chi connectivity index (χ1n) is 7.99. The second kappa shape index (κ2) is 7.66. The number of halogens is 1. The summed E-state index contributed by atoms with van der Waals surface area (Å²) in [5, 5.41) is 0. The molecule has 22 heavy (non-hydrogen) atoms. The van der Waals surface area contributed by atoms with Gasteiger partial charge in [0, 0.05) is 29.9 Å². The van der Waals surface area contributed by atoms with Crippen molar-refractivity contribution in [2.75, 3.05) is 18.0 Å². The van der Waals surface area contributed by atoms with Crippen LogP contribution >= 0.6 is 0 Å². The lowest BCUT2D eigenvalue weighted by atomic mass is 9.95. The summed E-state index contributed by atoms with van der Waals surface area (Å²) >= 11 is 0. The Morgan fingerprint density at radius 3 is 2.32 bits per heavy atom. The Bertz CT molecular complexity index is 592. The van der Waals surface area contributed by atoms with Gasteiger partial charge in [0.1, 0.15) is 6.04 Å². The largest absolute Gasteiger partial charge is 1.00 e. The first-order chi connectivity index (χ1) is 10.3. The molecule has 0 aliphatic carbocycles. The van der Waals surface area contributed by atoms with Crippen molar-refractivity contribution in [1.29, 1.82) is 0 Å². The number of nitrogens with zero attached hydrogens (tertiary/aromatic N) is 1. The molecule has 118 valence electrons. The summed E-state index contributed by atoms with van der Waals surface area (Å²) in [6, 6.07) is 17.7. The molecule has 1 aliphatic rings. The minimum atomic E-state index is 0. The lowest BCUT2D eigenvalue weighted by Crippen LogP contribution is -3.00.